The van der Waals surface area contributed by atoms with Gasteiger partial charge in [0, 0.05) is 19.1 Å². The summed E-state index contributed by atoms with van der Waals surface area (Å²) < 4.78 is 24.2. The van der Waals surface area contributed by atoms with E-state index in [1.807, 2.05) is 29.2 Å². The molecule has 0 aliphatic carbocycles. The number of benzene rings is 4. The smallest absolute Gasteiger partial charge is 0.320 e. The summed E-state index contributed by atoms with van der Waals surface area (Å²) in [7, 11) is 3.35. The molecule has 2 heterocycles. The van der Waals surface area contributed by atoms with E-state index in [9.17, 15) is 9.90 Å². The number of piperidine rings is 2. The predicted molar refractivity (Wildman–Crippen MR) is 205 cm³/mol. The third-order valence-electron chi connectivity index (χ3n) is 11.0. The molecule has 6 rings (SSSR count). The van der Waals surface area contributed by atoms with Crippen LogP contribution in [0.15, 0.2) is 72.8 Å². The second-order valence-corrected chi connectivity index (χ2v) is 14.4. The van der Waals surface area contributed by atoms with Gasteiger partial charge in [0.1, 0.15) is 19.3 Å². The molecule has 0 radical (unpaired) electrons. The Hall–Kier alpha value is -4.53. The SMILES string of the molecule is COc1cc(CN2CCCC[C@H]2C)ccc1OCc1cccc(-c2cccc(COc3ccc(CN4CCCC[C@H]4C(=O)O)cc3OC)c2C)c1C. The van der Waals surface area contributed by atoms with Crippen molar-refractivity contribution >= 4 is 5.97 Å². The minimum Gasteiger partial charge on any atom is -0.493 e. The predicted octanol–water partition coefficient (Wildman–Crippen LogP) is 8.96. The molecule has 0 spiro atoms. The Morgan fingerprint density at radius 1 is 0.673 bits per heavy atom. The summed E-state index contributed by atoms with van der Waals surface area (Å²) in [6.45, 7) is 10.9. The highest BCUT2D eigenvalue weighted by Crippen LogP contribution is 2.35. The molecule has 2 aliphatic heterocycles. The molecule has 0 unspecified atom stereocenters. The molecule has 0 amide bonds. The number of nitrogens with zero attached hydrogens (tertiary/aromatic N) is 2. The van der Waals surface area contributed by atoms with Crippen LogP contribution in [-0.4, -0.2) is 60.3 Å². The molecule has 8 heteroatoms. The van der Waals surface area contributed by atoms with E-state index >= 15 is 0 Å². The zero-order chi connectivity index (χ0) is 36.6. The fourth-order valence-corrected chi connectivity index (χ4v) is 7.75. The van der Waals surface area contributed by atoms with Gasteiger partial charge in [-0.25, -0.2) is 0 Å². The summed E-state index contributed by atoms with van der Waals surface area (Å²) in [5.74, 6) is 2.06. The number of carboxylic acid groups (broad SMARTS) is 1. The lowest BCUT2D eigenvalue weighted by Crippen LogP contribution is -2.43. The Morgan fingerprint density at radius 3 is 1.67 bits per heavy atom. The van der Waals surface area contributed by atoms with Gasteiger partial charge in [0.2, 0.25) is 0 Å². The fraction of sp³-hybridized carbons (Fsp3) is 0.432. The minimum absolute atomic E-state index is 0.386. The fourth-order valence-electron chi connectivity index (χ4n) is 7.75. The number of ether oxygens (including phenoxy) is 4. The summed E-state index contributed by atoms with van der Waals surface area (Å²) in [5, 5.41) is 9.69. The van der Waals surface area contributed by atoms with Gasteiger partial charge in [0.15, 0.2) is 23.0 Å². The van der Waals surface area contributed by atoms with Crippen molar-refractivity contribution in [2.24, 2.45) is 0 Å². The first-order chi connectivity index (χ1) is 25.2. The summed E-state index contributed by atoms with van der Waals surface area (Å²) >= 11 is 0. The number of carboxylic acids is 1. The molecule has 1 N–H and O–H groups in total. The van der Waals surface area contributed by atoms with Crippen LogP contribution in [0, 0.1) is 13.8 Å². The van der Waals surface area contributed by atoms with Gasteiger partial charge in [-0.2, -0.15) is 0 Å². The van der Waals surface area contributed by atoms with Gasteiger partial charge in [-0.1, -0.05) is 61.4 Å². The number of carbonyl (C=O) groups is 1. The second-order valence-electron chi connectivity index (χ2n) is 14.4. The average molecular weight is 707 g/mol. The molecule has 4 aromatic carbocycles. The van der Waals surface area contributed by atoms with Crippen LogP contribution in [0.2, 0.25) is 0 Å². The van der Waals surface area contributed by atoms with Gasteiger partial charge in [0.05, 0.1) is 14.2 Å². The van der Waals surface area contributed by atoms with Gasteiger partial charge in [-0.05, 0) is 128 Å². The van der Waals surface area contributed by atoms with Crippen LogP contribution in [0.25, 0.3) is 11.1 Å². The number of methoxy groups -OCH3 is 2. The van der Waals surface area contributed by atoms with Gasteiger partial charge in [-0.3, -0.25) is 14.6 Å². The highest BCUT2D eigenvalue weighted by atomic mass is 16.5. The molecule has 8 nitrogen and oxygen atoms in total. The Labute approximate surface area is 309 Å². The molecule has 2 atom stereocenters. The molecule has 2 aliphatic rings. The Balaban J connectivity index is 1.12. The van der Waals surface area contributed by atoms with Gasteiger partial charge in [-0.15, -0.1) is 0 Å². The molecule has 2 fully saturated rings. The van der Waals surface area contributed by atoms with E-state index in [0.717, 1.165) is 77.4 Å². The lowest BCUT2D eigenvalue weighted by molar-refractivity contribution is -0.144. The second kappa shape index (κ2) is 17.3. The zero-order valence-electron chi connectivity index (χ0n) is 31.5. The largest absolute Gasteiger partial charge is 0.493 e. The van der Waals surface area contributed by atoms with Crippen LogP contribution < -0.4 is 18.9 Å². The lowest BCUT2D eigenvalue weighted by atomic mass is 9.92. The first kappa shape index (κ1) is 37.2. The number of aliphatic carboxylic acids is 1. The number of hydrogen-bond donors (Lipinski definition) is 1. The first-order valence-corrected chi connectivity index (χ1v) is 18.7. The van der Waals surface area contributed by atoms with Crippen molar-refractivity contribution in [3.05, 3.63) is 106 Å². The standard InChI is InChI=1S/C44H54N2O6/c1-30-12-6-8-22-45(30)26-33-18-20-40(42(24-33)49-4)51-28-35-13-10-15-37(31(35)2)38-16-11-14-36(32(38)3)29-52-41-21-19-34(25-43(41)50-5)27-46-23-9-7-17-39(46)44(47)48/h10-11,13-16,18-21,24-25,30,39H,6-9,12,17,22-23,26-29H2,1-5H3,(H,47,48)/t30-,39+/m1/s1. The Bertz CT molecular complexity index is 1840. The molecule has 4 aromatic rings. The summed E-state index contributed by atoms with van der Waals surface area (Å²) in [6.07, 6.45) is 6.50. The maximum absolute atomic E-state index is 11.8. The van der Waals surface area contributed by atoms with Crippen molar-refractivity contribution in [3.8, 4) is 34.1 Å². The zero-order valence-corrected chi connectivity index (χ0v) is 31.5. The maximum atomic E-state index is 11.8. The lowest BCUT2D eigenvalue weighted by Gasteiger charge is -2.33. The highest BCUT2D eigenvalue weighted by Gasteiger charge is 2.28. The molecule has 276 valence electrons. The van der Waals surface area contributed by atoms with Crippen molar-refractivity contribution in [2.75, 3.05) is 27.3 Å². The number of rotatable bonds is 14. The van der Waals surface area contributed by atoms with Gasteiger partial charge in [0.25, 0.3) is 0 Å². The highest BCUT2D eigenvalue weighted by molar-refractivity contribution is 5.74. The molecule has 0 aromatic heterocycles. The molecule has 0 bridgehead atoms. The van der Waals surface area contributed by atoms with Crippen LogP contribution in [0.1, 0.15) is 78.8 Å². The van der Waals surface area contributed by atoms with Crippen molar-refractivity contribution < 1.29 is 28.8 Å². The van der Waals surface area contributed by atoms with Crippen LogP contribution in [0.5, 0.6) is 23.0 Å². The topological polar surface area (TPSA) is 80.7 Å². The van der Waals surface area contributed by atoms with Crippen LogP contribution >= 0.6 is 0 Å². The molecular weight excluding hydrogens is 652 g/mol. The summed E-state index contributed by atoms with van der Waals surface area (Å²) in [5.41, 5.74) is 9.12. The van der Waals surface area contributed by atoms with E-state index in [0.29, 0.717) is 43.7 Å². The Morgan fingerprint density at radius 2 is 1.17 bits per heavy atom. The quantitative estimate of drug-likeness (QED) is 0.139. The number of hydrogen-bond acceptors (Lipinski definition) is 7. The summed E-state index contributed by atoms with van der Waals surface area (Å²) in [6, 6.07) is 25.1. The van der Waals surface area contributed by atoms with Crippen molar-refractivity contribution in [1.82, 2.24) is 9.80 Å². The van der Waals surface area contributed by atoms with E-state index < -0.39 is 12.0 Å². The molecular formula is C44H54N2O6. The van der Waals surface area contributed by atoms with Gasteiger partial charge >= 0.3 is 5.97 Å². The maximum Gasteiger partial charge on any atom is 0.320 e. The molecule has 52 heavy (non-hydrogen) atoms. The van der Waals surface area contributed by atoms with E-state index in [1.54, 1.807) is 14.2 Å². The first-order valence-electron chi connectivity index (χ1n) is 18.7. The van der Waals surface area contributed by atoms with Gasteiger partial charge < -0.3 is 24.1 Å². The van der Waals surface area contributed by atoms with Crippen molar-refractivity contribution in [1.29, 1.82) is 0 Å². The van der Waals surface area contributed by atoms with E-state index in [2.05, 4.69) is 74.2 Å². The van der Waals surface area contributed by atoms with E-state index in [4.69, 9.17) is 18.9 Å². The minimum atomic E-state index is -0.751. The third-order valence-corrected chi connectivity index (χ3v) is 11.0. The van der Waals surface area contributed by atoms with E-state index in [1.165, 1.54) is 30.4 Å². The average Bonchev–Trinajstić information content (AvgIpc) is 3.15. The third kappa shape index (κ3) is 8.73. The molecule has 0 saturated carbocycles. The normalized spacial score (nSPS) is 18.2. The van der Waals surface area contributed by atoms with Crippen molar-refractivity contribution in [3.63, 3.8) is 0 Å². The monoisotopic (exact) mass is 706 g/mol. The van der Waals surface area contributed by atoms with Crippen LogP contribution in [-0.2, 0) is 31.1 Å². The van der Waals surface area contributed by atoms with Crippen LogP contribution in [0.4, 0.5) is 0 Å². The summed E-state index contributed by atoms with van der Waals surface area (Å²) in [4.78, 5) is 16.4. The van der Waals surface area contributed by atoms with Crippen molar-refractivity contribution in [2.45, 2.75) is 97.7 Å². The van der Waals surface area contributed by atoms with E-state index in [-0.39, 0.29) is 0 Å². The Kier molecular flexibility index (Phi) is 12.4. The van der Waals surface area contributed by atoms with Crippen LogP contribution in [0.3, 0.4) is 0 Å². The number of likely N-dealkylation sites (tertiary alicyclic amines) is 2. The molecule has 2 saturated heterocycles.